The molecular weight excluding hydrogens is 455 g/mol. The van der Waals surface area contributed by atoms with Crippen molar-refractivity contribution in [3.63, 3.8) is 0 Å². The normalized spacial score (nSPS) is 19.0. The van der Waals surface area contributed by atoms with Gasteiger partial charge in [0.15, 0.2) is 15.8 Å². The topological polar surface area (TPSA) is 99.7 Å². The number of nitrogens with zero attached hydrogens (tertiary/aromatic N) is 1. The zero-order valence-corrected chi connectivity index (χ0v) is 17.6. The van der Waals surface area contributed by atoms with Crippen molar-refractivity contribution in [2.75, 3.05) is 25.1 Å². The van der Waals surface area contributed by atoms with Gasteiger partial charge in [-0.1, -0.05) is 12.1 Å². The van der Waals surface area contributed by atoms with Crippen molar-refractivity contribution in [3.8, 4) is 0 Å². The van der Waals surface area contributed by atoms with Gasteiger partial charge in [-0.3, -0.25) is 4.79 Å². The van der Waals surface area contributed by atoms with E-state index < -0.39 is 9.84 Å². The number of amides is 1. The van der Waals surface area contributed by atoms with Gasteiger partial charge in [-0.05, 0) is 31.0 Å². The molecule has 3 N–H and O–H groups in total. The van der Waals surface area contributed by atoms with E-state index in [0.717, 1.165) is 5.56 Å². The lowest BCUT2D eigenvalue weighted by Crippen LogP contribution is -2.44. The molecule has 2 rings (SSSR count). The average molecular weight is 480 g/mol. The Kier molecular flexibility index (Phi) is 8.63. The van der Waals surface area contributed by atoms with E-state index in [9.17, 15) is 13.2 Å². The second-order valence-electron chi connectivity index (χ2n) is 5.72. The zero-order valence-electron chi connectivity index (χ0n) is 14.4. The van der Waals surface area contributed by atoms with Gasteiger partial charge < -0.3 is 16.0 Å². The van der Waals surface area contributed by atoms with Gasteiger partial charge in [0.2, 0.25) is 0 Å². The van der Waals surface area contributed by atoms with Crippen LogP contribution < -0.4 is 16.0 Å². The molecule has 0 radical (unpaired) electrons. The van der Waals surface area contributed by atoms with Gasteiger partial charge in [0, 0.05) is 25.2 Å². The summed E-state index contributed by atoms with van der Waals surface area (Å²) in [5.41, 5.74) is 1.57. The van der Waals surface area contributed by atoms with Crippen molar-refractivity contribution < 1.29 is 13.2 Å². The Bertz CT molecular complexity index is 705. The van der Waals surface area contributed by atoms with Crippen LogP contribution in [0.4, 0.5) is 0 Å². The number of halogens is 1. The van der Waals surface area contributed by atoms with E-state index in [-0.39, 0.29) is 47.4 Å². The van der Waals surface area contributed by atoms with Gasteiger partial charge in [0.1, 0.15) is 0 Å². The summed E-state index contributed by atoms with van der Waals surface area (Å²) in [6.07, 6.45) is 0.605. The van der Waals surface area contributed by atoms with Gasteiger partial charge in [0.25, 0.3) is 5.91 Å². The third-order valence-corrected chi connectivity index (χ3v) is 5.55. The molecule has 1 amide bonds. The van der Waals surface area contributed by atoms with Crippen LogP contribution in [0.15, 0.2) is 29.3 Å². The monoisotopic (exact) mass is 480 g/mol. The third kappa shape index (κ3) is 6.81. The summed E-state index contributed by atoms with van der Waals surface area (Å²) >= 11 is 0. The summed E-state index contributed by atoms with van der Waals surface area (Å²) in [4.78, 5) is 16.0. The minimum atomic E-state index is -2.92. The van der Waals surface area contributed by atoms with E-state index in [0.29, 0.717) is 31.0 Å². The first-order valence-corrected chi connectivity index (χ1v) is 9.82. The molecular formula is C16H25IN4O3S. The number of benzene rings is 1. The van der Waals surface area contributed by atoms with Crippen molar-refractivity contribution >= 4 is 45.7 Å². The van der Waals surface area contributed by atoms with E-state index in [2.05, 4.69) is 20.9 Å². The fraction of sp³-hybridized carbons (Fsp3) is 0.500. The van der Waals surface area contributed by atoms with Crippen LogP contribution >= 0.6 is 24.0 Å². The summed E-state index contributed by atoms with van der Waals surface area (Å²) in [5, 5.41) is 8.88. The van der Waals surface area contributed by atoms with Crippen LogP contribution in [-0.4, -0.2) is 51.4 Å². The Labute approximate surface area is 166 Å². The van der Waals surface area contributed by atoms with E-state index in [1.807, 2.05) is 19.1 Å². The van der Waals surface area contributed by atoms with Crippen molar-refractivity contribution in [2.24, 2.45) is 4.99 Å². The van der Waals surface area contributed by atoms with Crippen LogP contribution in [-0.2, 0) is 16.4 Å². The first-order valence-electron chi connectivity index (χ1n) is 8.00. The molecule has 0 spiro atoms. The molecule has 9 heteroatoms. The number of carbonyl (C=O) groups is 1. The number of hydrogen-bond acceptors (Lipinski definition) is 4. The fourth-order valence-corrected chi connectivity index (χ4v) is 4.17. The summed E-state index contributed by atoms with van der Waals surface area (Å²) in [7, 11) is -1.33. The first-order chi connectivity index (χ1) is 11.4. The van der Waals surface area contributed by atoms with E-state index in [1.54, 1.807) is 19.2 Å². The number of hydrogen-bond donors (Lipinski definition) is 3. The van der Waals surface area contributed by atoms with Gasteiger partial charge in [0.05, 0.1) is 18.1 Å². The summed E-state index contributed by atoms with van der Waals surface area (Å²) < 4.78 is 23.1. The number of aliphatic imine (C=N–C) groups is 1. The maximum atomic E-state index is 11.5. The Morgan fingerprint density at radius 3 is 2.48 bits per heavy atom. The van der Waals surface area contributed by atoms with Crippen molar-refractivity contribution in [1.29, 1.82) is 0 Å². The maximum absolute atomic E-state index is 11.5. The highest BCUT2D eigenvalue weighted by Crippen LogP contribution is 2.11. The lowest BCUT2D eigenvalue weighted by atomic mass is 10.1. The van der Waals surface area contributed by atoms with Gasteiger partial charge in [-0.2, -0.15) is 0 Å². The first kappa shape index (κ1) is 21.7. The molecule has 1 unspecified atom stereocenters. The van der Waals surface area contributed by atoms with E-state index in [1.165, 1.54) is 0 Å². The molecule has 0 saturated carbocycles. The highest BCUT2D eigenvalue weighted by atomic mass is 127. The molecule has 25 heavy (non-hydrogen) atoms. The van der Waals surface area contributed by atoms with Gasteiger partial charge in [-0.15, -0.1) is 24.0 Å². The van der Waals surface area contributed by atoms with Crippen LogP contribution in [0.25, 0.3) is 0 Å². The third-order valence-electron chi connectivity index (χ3n) is 3.78. The number of guanidine groups is 1. The van der Waals surface area contributed by atoms with Crippen LogP contribution in [0.1, 0.15) is 29.3 Å². The minimum Gasteiger partial charge on any atom is -0.357 e. The van der Waals surface area contributed by atoms with Crippen molar-refractivity contribution in [2.45, 2.75) is 25.9 Å². The number of carbonyl (C=O) groups excluding carboxylic acids is 1. The quantitative estimate of drug-likeness (QED) is 0.331. The standard InChI is InChI=1S/C16H24N4O3S.HI/c1-3-18-16(20-14-8-9-24(22,23)11-14)19-10-12-4-6-13(7-5-12)15(21)17-2;/h4-7,14H,3,8-11H2,1-2H3,(H,17,21)(H2,18,19,20);1H. The molecule has 140 valence electrons. The molecule has 0 aromatic heterocycles. The SMILES string of the molecule is CCNC(=NCc1ccc(C(=O)NC)cc1)NC1CCS(=O)(=O)C1.I. The molecule has 1 saturated heterocycles. The summed E-state index contributed by atoms with van der Waals surface area (Å²) in [5.74, 6) is 0.862. The molecule has 0 bridgehead atoms. The van der Waals surface area contributed by atoms with Crippen LogP contribution in [0.3, 0.4) is 0 Å². The predicted molar refractivity (Wildman–Crippen MR) is 110 cm³/mol. The smallest absolute Gasteiger partial charge is 0.251 e. The number of nitrogens with one attached hydrogen (secondary N) is 3. The van der Waals surface area contributed by atoms with Crippen LogP contribution in [0, 0.1) is 0 Å². The molecule has 1 aliphatic heterocycles. The molecule has 0 aliphatic carbocycles. The largest absolute Gasteiger partial charge is 0.357 e. The Morgan fingerprint density at radius 1 is 1.28 bits per heavy atom. The fourth-order valence-electron chi connectivity index (χ4n) is 2.50. The molecule has 1 fully saturated rings. The summed E-state index contributed by atoms with van der Waals surface area (Å²) in [6, 6.07) is 7.14. The maximum Gasteiger partial charge on any atom is 0.251 e. The molecule has 1 heterocycles. The van der Waals surface area contributed by atoms with Gasteiger partial charge in [-0.25, -0.2) is 13.4 Å². The van der Waals surface area contributed by atoms with Crippen molar-refractivity contribution in [1.82, 2.24) is 16.0 Å². The minimum absolute atomic E-state index is 0. The zero-order chi connectivity index (χ0) is 17.6. The van der Waals surface area contributed by atoms with E-state index >= 15 is 0 Å². The number of rotatable bonds is 5. The van der Waals surface area contributed by atoms with Crippen LogP contribution in [0.2, 0.25) is 0 Å². The Morgan fingerprint density at radius 2 is 1.96 bits per heavy atom. The summed E-state index contributed by atoms with van der Waals surface area (Å²) in [6.45, 7) is 3.10. The van der Waals surface area contributed by atoms with Crippen LogP contribution in [0.5, 0.6) is 0 Å². The molecule has 7 nitrogen and oxygen atoms in total. The predicted octanol–water partition coefficient (Wildman–Crippen LogP) is 0.906. The Balaban J connectivity index is 0.00000312. The van der Waals surface area contributed by atoms with Gasteiger partial charge >= 0.3 is 0 Å². The molecule has 1 atom stereocenters. The highest BCUT2D eigenvalue weighted by Gasteiger charge is 2.28. The van der Waals surface area contributed by atoms with Crippen molar-refractivity contribution in [3.05, 3.63) is 35.4 Å². The highest BCUT2D eigenvalue weighted by molar-refractivity contribution is 14.0. The number of sulfone groups is 1. The second kappa shape index (κ2) is 9.95. The molecule has 1 aromatic rings. The average Bonchev–Trinajstić information content (AvgIpc) is 2.91. The lowest BCUT2D eigenvalue weighted by Gasteiger charge is -2.15. The molecule has 1 aliphatic rings. The Hall–Kier alpha value is -1.36. The molecule has 1 aromatic carbocycles. The van der Waals surface area contributed by atoms with E-state index in [4.69, 9.17) is 0 Å². The second-order valence-corrected chi connectivity index (χ2v) is 7.94. The lowest BCUT2D eigenvalue weighted by molar-refractivity contribution is 0.0963.